The van der Waals surface area contributed by atoms with Gasteiger partial charge < -0.3 is 14.2 Å². The highest BCUT2D eigenvalue weighted by atomic mass is 16.7. The normalized spacial score (nSPS) is 9.68. The third-order valence-corrected chi connectivity index (χ3v) is 4.35. The van der Waals surface area contributed by atoms with Crippen LogP contribution in [0.2, 0.25) is 0 Å². The quantitative estimate of drug-likeness (QED) is 0.174. The van der Waals surface area contributed by atoms with Crippen molar-refractivity contribution < 1.29 is 33.4 Å². The van der Waals surface area contributed by atoms with Gasteiger partial charge in [0.2, 0.25) is 6.79 Å². The molecule has 0 unspecified atom stereocenters. The van der Waals surface area contributed by atoms with E-state index in [2.05, 4.69) is 25.0 Å². The third kappa shape index (κ3) is 8.97. The Morgan fingerprint density at radius 1 is 0.971 bits per heavy atom. The van der Waals surface area contributed by atoms with Gasteiger partial charge in [0.25, 0.3) is 0 Å². The second-order valence-electron chi connectivity index (χ2n) is 7.11. The molecule has 2 rings (SSSR count). The molecule has 0 aliphatic rings. The van der Waals surface area contributed by atoms with E-state index < -0.39 is 24.7 Å². The van der Waals surface area contributed by atoms with Crippen molar-refractivity contribution >= 4 is 23.7 Å². The van der Waals surface area contributed by atoms with E-state index in [1.165, 1.54) is 13.0 Å². The lowest BCUT2D eigenvalue weighted by molar-refractivity contribution is -0.164. The molecule has 0 N–H and O–H groups in total. The Morgan fingerprint density at radius 3 is 2.26 bits per heavy atom. The first-order valence-corrected chi connectivity index (χ1v) is 10.3. The van der Waals surface area contributed by atoms with Crippen LogP contribution >= 0.6 is 0 Å². The molecule has 0 aliphatic heterocycles. The highest BCUT2D eigenvalue weighted by Crippen LogP contribution is 2.16. The van der Waals surface area contributed by atoms with Gasteiger partial charge in [0.1, 0.15) is 5.75 Å². The number of rotatable bonds is 10. The number of aryl methyl sites for hydroxylation is 1. The number of hydrogen-bond acceptors (Lipinski definition) is 7. The lowest BCUT2D eigenvalue weighted by atomic mass is 10.1. The maximum absolute atomic E-state index is 12.3. The SMILES string of the molecule is C=CC(=O)CC#Cc1ccc(C(=O)Oc2ccc(CCC(=O)OCOC(=O)C(=C)C)cc2)cc1. The van der Waals surface area contributed by atoms with E-state index in [-0.39, 0.29) is 24.2 Å². The van der Waals surface area contributed by atoms with Gasteiger partial charge in [0.05, 0.1) is 12.0 Å². The van der Waals surface area contributed by atoms with Crippen LogP contribution in [0, 0.1) is 11.8 Å². The van der Waals surface area contributed by atoms with E-state index in [4.69, 9.17) is 14.2 Å². The van der Waals surface area contributed by atoms with Gasteiger partial charge in [-0.05, 0) is 61.4 Å². The Kier molecular flexibility index (Phi) is 10.0. The Bertz CT molecular complexity index is 1130. The standard InChI is InChI=1S/C27H24O7/c1-4-23(28)7-5-6-20-8-13-22(14-9-20)27(31)34-24-15-10-21(11-16-24)12-17-25(29)32-18-33-26(30)19(2)3/h4,8-11,13-16H,1-2,7,12,17-18H2,3H3. The van der Waals surface area contributed by atoms with Gasteiger partial charge in [-0.15, -0.1) is 0 Å². The Labute approximate surface area is 198 Å². The molecule has 0 saturated heterocycles. The fraction of sp³-hybridized carbons (Fsp3) is 0.185. The van der Waals surface area contributed by atoms with Crippen LogP contribution in [-0.4, -0.2) is 30.5 Å². The molecule has 0 radical (unpaired) electrons. The summed E-state index contributed by atoms with van der Waals surface area (Å²) in [6, 6.07) is 13.3. The molecular formula is C27H24O7. The summed E-state index contributed by atoms with van der Waals surface area (Å²) in [5.41, 5.74) is 2.09. The van der Waals surface area contributed by atoms with E-state index in [1.54, 1.807) is 48.5 Å². The Morgan fingerprint density at radius 2 is 1.65 bits per heavy atom. The minimum atomic E-state index is -0.625. The molecule has 174 valence electrons. The van der Waals surface area contributed by atoms with Crippen LogP contribution in [0.3, 0.4) is 0 Å². The molecule has 0 fully saturated rings. The minimum absolute atomic E-state index is 0.0926. The second-order valence-corrected chi connectivity index (χ2v) is 7.11. The van der Waals surface area contributed by atoms with Crippen LogP contribution in [-0.2, 0) is 30.3 Å². The Hall–Kier alpha value is -4.44. The topological polar surface area (TPSA) is 96.0 Å². The third-order valence-electron chi connectivity index (χ3n) is 4.35. The number of ether oxygens (including phenoxy) is 3. The van der Waals surface area contributed by atoms with Gasteiger partial charge in [-0.3, -0.25) is 9.59 Å². The molecule has 2 aromatic rings. The average molecular weight is 460 g/mol. The fourth-order valence-electron chi connectivity index (χ4n) is 2.48. The first kappa shape index (κ1) is 25.8. The lowest BCUT2D eigenvalue weighted by Gasteiger charge is -2.07. The number of ketones is 1. The summed E-state index contributed by atoms with van der Waals surface area (Å²) in [7, 11) is 0. The summed E-state index contributed by atoms with van der Waals surface area (Å²) in [6.07, 6.45) is 1.82. The zero-order chi connectivity index (χ0) is 24.9. The van der Waals surface area contributed by atoms with E-state index in [0.717, 1.165) is 5.56 Å². The summed E-state index contributed by atoms with van der Waals surface area (Å²) in [6.45, 7) is 7.86. The van der Waals surface area contributed by atoms with Crippen LogP contribution in [0.4, 0.5) is 0 Å². The van der Waals surface area contributed by atoms with Crippen LogP contribution in [0.15, 0.2) is 73.3 Å². The predicted octanol–water partition coefficient (Wildman–Crippen LogP) is 3.96. The highest BCUT2D eigenvalue weighted by molar-refractivity contribution is 5.91. The van der Waals surface area contributed by atoms with Gasteiger partial charge in [0.15, 0.2) is 5.78 Å². The summed E-state index contributed by atoms with van der Waals surface area (Å²) in [4.78, 5) is 46.5. The van der Waals surface area contributed by atoms with Crippen LogP contribution in [0.5, 0.6) is 5.75 Å². The van der Waals surface area contributed by atoms with E-state index in [9.17, 15) is 19.2 Å². The van der Waals surface area contributed by atoms with Crippen LogP contribution in [0.1, 0.15) is 41.3 Å². The van der Waals surface area contributed by atoms with Crippen LogP contribution in [0.25, 0.3) is 0 Å². The second kappa shape index (κ2) is 13.2. The molecule has 0 aromatic heterocycles. The smallest absolute Gasteiger partial charge is 0.343 e. The number of carbonyl (C=O) groups excluding carboxylic acids is 4. The van der Waals surface area contributed by atoms with Gasteiger partial charge in [-0.1, -0.05) is 37.1 Å². The van der Waals surface area contributed by atoms with Crippen molar-refractivity contribution in [3.05, 3.63) is 90.0 Å². The van der Waals surface area contributed by atoms with Gasteiger partial charge in [-0.25, -0.2) is 9.59 Å². The first-order chi connectivity index (χ1) is 16.3. The summed E-state index contributed by atoms with van der Waals surface area (Å²) in [5.74, 6) is 4.13. The average Bonchev–Trinajstić information content (AvgIpc) is 2.83. The number of carbonyl (C=O) groups is 4. The van der Waals surface area contributed by atoms with Crippen molar-refractivity contribution in [3.63, 3.8) is 0 Å². The van der Waals surface area contributed by atoms with E-state index in [0.29, 0.717) is 23.3 Å². The van der Waals surface area contributed by atoms with E-state index >= 15 is 0 Å². The molecule has 34 heavy (non-hydrogen) atoms. The first-order valence-electron chi connectivity index (χ1n) is 10.3. The van der Waals surface area contributed by atoms with E-state index in [1.807, 2.05) is 0 Å². The molecule has 0 amide bonds. The van der Waals surface area contributed by atoms with Crippen molar-refractivity contribution in [2.75, 3.05) is 6.79 Å². The molecular weight excluding hydrogens is 436 g/mol. The molecule has 7 nitrogen and oxygen atoms in total. The summed E-state index contributed by atoms with van der Waals surface area (Å²) < 4.78 is 14.9. The van der Waals surface area contributed by atoms with Crippen molar-refractivity contribution in [3.8, 4) is 17.6 Å². The molecule has 0 heterocycles. The van der Waals surface area contributed by atoms with Crippen molar-refractivity contribution in [2.45, 2.75) is 26.2 Å². The lowest BCUT2D eigenvalue weighted by Crippen LogP contribution is -2.13. The summed E-state index contributed by atoms with van der Waals surface area (Å²) in [5, 5.41) is 0. The highest BCUT2D eigenvalue weighted by Gasteiger charge is 2.10. The molecule has 7 heteroatoms. The molecule has 0 atom stereocenters. The van der Waals surface area contributed by atoms with Crippen molar-refractivity contribution in [1.29, 1.82) is 0 Å². The zero-order valence-corrected chi connectivity index (χ0v) is 18.8. The predicted molar refractivity (Wildman–Crippen MR) is 125 cm³/mol. The molecule has 0 saturated carbocycles. The molecule has 0 spiro atoms. The van der Waals surface area contributed by atoms with Gasteiger partial charge >= 0.3 is 17.9 Å². The maximum Gasteiger partial charge on any atom is 0.343 e. The Balaban J connectivity index is 1.80. The van der Waals surface area contributed by atoms with Gasteiger partial charge in [0, 0.05) is 17.6 Å². The number of hydrogen-bond donors (Lipinski definition) is 0. The maximum atomic E-state index is 12.3. The monoisotopic (exact) mass is 460 g/mol. The fourth-order valence-corrected chi connectivity index (χ4v) is 2.48. The molecule has 0 aliphatic carbocycles. The van der Waals surface area contributed by atoms with Crippen LogP contribution < -0.4 is 4.74 Å². The molecule has 2 aromatic carbocycles. The van der Waals surface area contributed by atoms with Crippen molar-refractivity contribution in [1.82, 2.24) is 0 Å². The number of allylic oxidation sites excluding steroid dienone is 1. The van der Waals surface area contributed by atoms with Crippen molar-refractivity contribution in [2.24, 2.45) is 0 Å². The number of esters is 3. The minimum Gasteiger partial charge on any atom is -0.428 e. The summed E-state index contributed by atoms with van der Waals surface area (Å²) >= 11 is 0. The zero-order valence-electron chi connectivity index (χ0n) is 18.8. The van der Waals surface area contributed by atoms with Gasteiger partial charge in [-0.2, -0.15) is 0 Å². The molecule has 0 bridgehead atoms. The largest absolute Gasteiger partial charge is 0.428 e. The number of benzene rings is 2.